The number of carboxylic acids is 1. The summed E-state index contributed by atoms with van der Waals surface area (Å²) in [4.78, 5) is 13.3. The number of nitrogens with one attached hydrogen (secondary N) is 1. The van der Waals surface area contributed by atoms with Crippen molar-refractivity contribution < 1.29 is 18.3 Å². The van der Waals surface area contributed by atoms with Crippen molar-refractivity contribution in [3.8, 4) is 0 Å². The summed E-state index contributed by atoms with van der Waals surface area (Å²) in [7, 11) is -3.63. The van der Waals surface area contributed by atoms with Crippen LogP contribution in [0.5, 0.6) is 0 Å². The van der Waals surface area contributed by atoms with Crippen LogP contribution < -0.4 is 0 Å². The Balaban J connectivity index is 2.37. The van der Waals surface area contributed by atoms with Gasteiger partial charge in [-0.3, -0.25) is 0 Å². The van der Waals surface area contributed by atoms with Crippen LogP contribution in [0.2, 0.25) is 0 Å². The first kappa shape index (κ1) is 14.1. The molecule has 2 rings (SSSR count). The maximum Gasteiger partial charge on any atom is 0.352 e. The molecular formula is C12H18N2O4S. The number of aromatic carboxylic acids is 1. The SMILES string of the molecule is C[C@@H]1CCC[C@H](C)N1S(=O)(=O)c1c[nH]c(C(=O)O)c1. The van der Waals surface area contributed by atoms with Crippen LogP contribution >= 0.6 is 0 Å². The summed E-state index contributed by atoms with van der Waals surface area (Å²) in [5, 5.41) is 8.84. The topological polar surface area (TPSA) is 90.5 Å². The summed E-state index contributed by atoms with van der Waals surface area (Å²) in [6, 6.07) is 1.06. The van der Waals surface area contributed by atoms with Gasteiger partial charge in [-0.1, -0.05) is 6.42 Å². The molecule has 1 aromatic rings. The number of hydrogen-bond acceptors (Lipinski definition) is 3. The Labute approximate surface area is 112 Å². The van der Waals surface area contributed by atoms with Crippen LogP contribution in [-0.2, 0) is 10.0 Å². The van der Waals surface area contributed by atoms with Crippen LogP contribution in [0, 0.1) is 0 Å². The van der Waals surface area contributed by atoms with Crippen molar-refractivity contribution in [3.63, 3.8) is 0 Å². The van der Waals surface area contributed by atoms with Crippen LogP contribution in [0.3, 0.4) is 0 Å². The summed E-state index contributed by atoms with van der Waals surface area (Å²) in [5.41, 5.74) is -0.115. The number of nitrogens with zero attached hydrogens (tertiary/aromatic N) is 1. The lowest BCUT2D eigenvalue weighted by atomic mass is 10.0. The van der Waals surface area contributed by atoms with Crippen molar-refractivity contribution in [2.75, 3.05) is 0 Å². The van der Waals surface area contributed by atoms with Crippen LogP contribution in [0.4, 0.5) is 0 Å². The second-order valence-corrected chi connectivity index (χ2v) is 6.86. The van der Waals surface area contributed by atoms with E-state index in [1.54, 1.807) is 0 Å². The third-order valence-electron chi connectivity index (χ3n) is 3.57. The standard InChI is InChI=1S/C12H18N2O4S/c1-8-4-3-5-9(2)14(8)19(17,18)10-6-11(12(15)16)13-7-10/h6-9,13H,3-5H2,1-2H3,(H,15,16)/t8-,9+. The number of sulfonamides is 1. The fourth-order valence-corrected chi connectivity index (χ4v) is 4.52. The van der Waals surface area contributed by atoms with Crippen LogP contribution in [0.25, 0.3) is 0 Å². The van der Waals surface area contributed by atoms with Crippen molar-refractivity contribution in [2.45, 2.75) is 50.1 Å². The lowest BCUT2D eigenvalue weighted by molar-refractivity contribution is 0.0691. The van der Waals surface area contributed by atoms with E-state index >= 15 is 0 Å². The Kier molecular flexibility index (Phi) is 3.69. The van der Waals surface area contributed by atoms with Crippen LogP contribution in [-0.4, -0.2) is 40.9 Å². The fraction of sp³-hybridized carbons (Fsp3) is 0.583. The second-order valence-electron chi connectivity index (χ2n) is 5.02. The molecule has 19 heavy (non-hydrogen) atoms. The van der Waals surface area contributed by atoms with Gasteiger partial charge in [0.1, 0.15) is 10.6 Å². The van der Waals surface area contributed by atoms with E-state index in [4.69, 9.17) is 5.11 Å². The van der Waals surface area contributed by atoms with Gasteiger partial charge in [0, 0.05) is 18.3 Å². The fourth-order valence-electron chi connectivity index (χ4n) is 2.64. The predicted molar refractivity (Wildman–Crippen MR) is 69.6 cm³/mol. The minimum atomic E-state index is -3.63. The monoisotopic (exact) mass is 286 g/mol. The molecule has 0 aliphatic carbocycles. The minimum absolute atomic E-state index is 0.0190. The Morgan fingerprint density at radius 2 is 1.95 bits per heavy atom. The molecule has 1 fully saturated rings. The number of piperidine rings is 1. The van der Waals surface area contributed by atoms with E-state index in [1.807, 2.05) is 13.8 Å². The van der Waals surface area contributed by atoms with E-state index < -0.39 is 16.0 Å². The van der Waals surface area contributed by atoms with Gasteiger partial charge in [-0.2, -0.15) is 4.31 Å². The molecule has 0 amide bonds. The van der Waals surface area contributed by atoms with E-state index in [9.17, 15) is 13.2 Å². The van der Waals surface area contributed by atoms with E-state index in [0.717, 1.165) is 19.3 Å². The molecule has 0 unspecified atom stereocenters. The highest BCUT2D eigenvalue weighted by Gasteiger charge is 2.36. The highest BCUT2D eigenvalue weighted by molar-refractivity contribution is 7.89. The molecular weight excluding hydrogens is 268 g/mol. The molecule has 2 N–H and O–H groups in total. The number of carboxylic acid groups (broad SMARTS) is 1. The van der Waals surface area contributed by atoms with Crippen molar-refractivity contribution in [1.29, 1.82) is 0 Å². The number of hydrogen-bond donors (Lipinski definition) is 2. The molecule has 6 nitrogen and oxygen atoms in total. The zero-order valence-electron chi connectivity index (χ0n) is 11.0. The first-order valence-corrected chi connectivity index (χ1v) is 7.73. The Morgan fingerprint density at radius 1 is 1.37 bits per heavy atom. The Bertz CT molecular complexity index is 568. The minimum Gasteiger partial charge on any atom is -0.477 e. The first-order chi connectivity index (χ1) is 8.84. The number of aromatic nitrogens is 1. The summed E-state index contributed by atoms with van der Waals surface area (Å²) < 4.78 is 26.6. The Hall–Kier alpha value is -1.34. The third-order valence-corrected chi connectivity index (χ3v) is 5.68. The van der Waals surface area contributed by atoms with Gasteiger partial charge < -0.3 is 10.1 Å². The molecule has 0 spiro atoms. The molecule has 1 aromatic heterocycles. The quantitative estimate of drug-likeness (QED) is 0.884. The van der Waals surface area contributed by atoms with Gasteiger partial charge in [0.2, 0.25) is 10.0 Å². The maximum absolute atomic E-state index is 12.6. The molecule has 106 valence electrons. The van der Waals surface area contributed by atoms with Crippen LogP contribution in [0.1, 0.15) is 43.6 Å². The number of H-pyrrole nitrogens is 1. The molecule has 0 bridgehead atoms. The molecule has 2 atom stereocenters. The van der Waals surface area contributed by atoms with Gasteiger partial charge in [-0.15, -0.1) is 0 Å². The van der Waals surface area contributed by atoms with Crippen LogP contribution in [0.15, 0.2) is 17.2 Å². The molecule has 0 saturated carbocycles. The van der Waals surface area contributed by atoms with Crippen molar-refractivity contribution >= 4 is 16.0 Å². The van der Waals surface area contributed by atoms with E-state index in [0.29, 0.717) is 0 Å². The van der Waals surface area contributed by atoms with Crippen molar-refractivity contribution in [3.05, 3.63) is 18.0 Å². The van der Waals surface area contributed by atoms with Gasteiger partial charge in [0.05, 0.1) is 0 Å². The van der Waals surface area contributed by atoms with Crippen molar-refractivity contribution in [1.82, 2.24) is 9.29 Å². The zero-order chi connectivity index (χ0) is 14.2. The molecule has 7 heteroatoms. The third kappa shape index (κ3) is 2.52. The molecule has 0 aromatic carbocycles. The maximum atomic E-state index is 12.6. The molecule has 1 aliphatic rings. The van der Waals surface area contributed by atoms with Gasteiger partial charge >= 0.3 is 5.97 Å². The lowest BCUT2D eigenvalue weighted by Crippen LogP contribution is -2.47. The van der Waals surface area contributed by atoms with Gasteiger partial charge in [0.15, 0.2) is 0 Å². The number of carbonyl (C=O) groups is 1. The molecule has 0 radical (unpaired) electrons. The molecule has 1 aliphatic heterocycles. The summed E-state index contributed by atoms with van der Waals surface area (Å²) in [5.74, 6) is -1.17. The van der Waals surface area contributed by atoms with Gasteiger partial charge in [-0.05, 0) is 32.8 Å². The van der Waals surface area contributed by atoms with E-state index in [-0.39, 0.29) is 22.7 Å². The summed E-state index contributed by atoms with van der Waals surface area (Å²) >= 11 is 0. The molecule has 1 saturated heterocycles. The molecule has 2 heterocycles. The second kappa shape index (κ2) is 4.97. The van der Waals surface area contributed by atoms with Crippen molar-refractivity contribution in [2.24, 2.45) is 0 Å². The number of rotatable bonds is 3. The Morgan fingerprint density at radius 3 is 2.42 bits per heavy atom. The van der Waals surface area contributed by atoms with E-state index in [2.05, 4.69) is 4.98 Å². The highest BCUT2D eigenvalue weighted by Crippen LogP contribution is 2.29. The lowest BCUT2D eigenvalue weighted by Gasteiger charge is -2.37. The highest BCUT2D eigenvalue weighted by atomic mass is 32.2. The average Bonchev–Trinajstić information content (AvgIpc) is 2.78. The average molecular weight is 286 g/mol. The zero-order valence-corrected chi connectivity index (χ0v) is 11.8. The summed E-state index contributed by atoms with van der Waals surface area (Å²) in [6.45, 7) is 3.77. The number of aromatic amines is 1. The smallest absolute Gasteiger partial charge is 0.352 e. The largest absolute Gasteiger partial charge is 0.477 e. The van der Waals surface area contributed by atoms with Gasteiger partial charge in [0.25, 0.3) is 0 Å². The predicted octanol–water partition coefficient (Wildman–Crippen LogP) is 1.66. The normalized spacial score (nSPS) is 25.4. The first-order valence-electron chi connectivity index (χ1n) is 6.29. The van der Waals surface area contributed by atoms with Gasteiger partial charge in [-0.25, -0.2) is 13.2 Å². The van der Waals surface area contributed by atoms with E-state index in [1.165, 1.54) is 16.6 Å². The summed E-state index contributed by atoms with van der Waals surface area (Å²) in [6.07, 6.45) is 3.92.